The first-order valence-corrected chi connectivity index (χ1v) is 12.0. The number of aromatic nitrogens is 6. The lowest BCUT2D eigenvalue weighted by molar-refractivity contribution is 0.495. The minimum atomic E-state index is -0.411. The Morgan fingerprint density at radius 3 is 2.69 bits per heavy atom. The molecular weight excluding hydrogens is 444 g/mol. The van der Waals surface area contributed by atoms with Crippen molar-refractivity contribution >= 4 is 28.0 Å². The number of aryl methyl sites for hydroxylation is 2. The van der Waals surface area contributed by atoms with Gasteiger partial charge in [-0.2, -0.15) is 10.1 Å². The van der Waals surface area contributed by atoms with Crippen molar-refractivity contribution in [1.29, 1.82) is 0 Å². The molecule has 1 aliphatic rings. The molecule has 0 saturated carbocycles. The van der Waals surface area contributed by atoms with Crippen LogP contribution in [0, 0.1) is 0 Å². The van der Waals surface area contributed by atoms with E-state index < -0.39 is 5.69 Å². The van der Waals surface area contributed by atoms with Gasteiger partial charge >= 0.3 is 5.69 Å². The normalized spacial score (nSPS) is 16.4. The quantitative estimate of drug-likeness (QED) is 0.440. The Hall–Kier alpha value is -3.66. The molecule has 0 aliphatic carbocycles. The predicted molar refractivity (Wildman–Crippen MR) is 138 cm³/mol. The van der Waals surface area contributed by atoms with Gasteiger partial charge in [-0.25, -0.2) is 4.79 Å². The molecule has 1 aromatic carbocycles. The second-order valence-electron chi connectivity index (χ2n) is 9.64. The van der Waals surface area contributed by atoms with Gasteiger partial charge in [-0.1, -0.05) is 29.8 Å². The zero-order chi connectivity index (χ0) is 24.9. The van der Waals surface area contributed by atoms with Gasteiger partial charge in [-0.15, -0.1) is 0 Å². The number of benzene rings is 1. The summed E-state index contributed by atoms with van der Waals surface area (Å²) in [4.78, 5) is 34.2. The molecule has 184 valence electrons. The maximum Gasteiger partial charge on any atom is 0.332 e. The number of nitrogens with zero attached hydrogens (tertiary/aromatic N) is 7. The number of para-hydroxylation sites is 1. The first kappa shape index (κ1) is 23.1. The molecule has 10 nitrogen and oxygen atoms in total. The van der Waals surface area contributed by atoms with Crippen molar-refractivity contribution in [3.63, 3.8) is 0 Å². The number of rotatable bonds is 5. The summed E-state index contributed by atoms with van der Waals surface area (Å²) in [6.45, 7) is 6.10. The van der Waals surface area contributed by atoms with Gasteiger partial charge in [-0.05, 0) is 32.8 Å². The lowest BCUT2D eigenvalue weighted by Crippen LogP contribution is -2.44. The standard InChI is InChI=1S/C25H32N8O2/c1-16(2)11-13-32-21-22(27-24(32)31-12-7-8-17(26)14-31)29(3)25(35)33(23(21)34)15-19-18-9-5-6-10-20(18)30(4)28-19/h5-6,9-11,17H,7-8,12-15,26H2,1-4H3. The first-order valence-electron chi connectivity index (χ1n) is 12.0. The highest BCUT2D eigenvalue weighted by molar-refractivity contribution is 5.82. The molecule has 4 aromatic rings. The number of allylic oxidation sites excluding steroid dienone is 2. The van der Waals surface area contributed by atoms with Crippen LogP contribution in [0.2, 0.25) is 0 Å². The van der Waals surface area contributed by atoms with Crippen molar-refractivity contribution in [1.82, 2.24) is 28.5 Å². The van der Waals surface area contributed by atoms with Crippen LogP contribution in [0.4, 0.5) is 5.95 Å². The second kappa shape index (κ2) is 8.84. The van der Waals surface area contributed by atoms with E-state index in [4.69, 9.17) is 10.7 Å². The van der Waals surface area contributed by atoms with Crippen LogP contribution >= 0.6 is 0 Å². The fraction of sp³-hybridized carbons (Fsp3) is 0.440. The molecule has 0 amide bonds. The molecule has 1 aliphatic heterocycles. The topological polar surface area (TPSA) is 109 Å². The number of hydrogen-bond donors (Lipinski definition) is 1. The van der Waals surface area contributed by atoms with Crippen LogP contribution in [-0.2, 0) is 27.2 Å². The highest BCUT2D eigenvalue weighted by Crippen LogP contribution is 2.24. The van der Waals surface area contributed by atoms with Crippen molar-refractivity contribution in [2.45, 2.75) is 45.8 Å². The van der Waals surface area contributed by atoms with Gasteiger partial charge in [0.05, 0.1) is 17.8 Å². The van der Waals surface area contributed by atoms with E-state index in [0.717, 1.165) is 35.9 Å². The van der Waals surface area contributed by atoms with Crippen LogP contribution in [0.15, 0.2) is 45.5 Å². The molecule has 35 heavy (non-hydrogen) atoms. The summed E-state index contributed by atoms with van der Waals surface area (Å²) in [5.74, 6) is 0.681. The third kappa shape index (κ3) is 3.97. The van der Waals surface area contributed by atoms with E-state index in [2.05, 4.69) is 16.1 Å². The second-order valence-corrected chi connectivity index (χ2v) is 9.64. The molecule has 4 heterocycles. The Bertz CT molecular complexity index is 1560. The lowest BCUT2D eigenvalue weighted by atomic mass is 10.1. The summed E-state index contributed by atoms with van der Waals surface area (Å²) >= 11 is 0. The zero-order valence-corrected chi connectivity index (χ0v) is 20.7. The molecule has 1 unspecified atom stereocenters. The first-order chi connectivity index (χ1) is 16.8. The van der Waals surface area contributed by atoms with E-state index in [1.807, 2.05) is 49.7 Å². The molecular formula is C25H32N8O2. The predicted octanol–water partition coefficient (Wildman–Crippen LogP) is 1.73. The zero-order valence-electron chi connectivity index (χ0n) is 20.7. The molecule has 3 aromatic heterocycles. The number of hydrogen-bond acceptors (Lipinski definition) is 6. The molecule has 0 bridgehead atoms. The van der Waals surface area contributed by atoms with Crippen LogP contribution in [0.3, 0.4) is 0 Å². The number of nitrogens with two attached hydrogens (primary N) is 1. The van der Waals surface area contributed by atoms with Crippen LogP contribution in [0.25, 0.3) is 22.1 Å². The lowest BCUT2D eigenvalue weighted by Gasteiger charge is -2.31. The van der Waals surface area contributed by atoms with Crippen LogP contribution < -0.4 is 21.9 Å². The molecule has 0 radical (unpaired) electrons. The summed E-state index contributed by atoms with van der Waals surface area (Å²) in [6, 6.07) is 7.86. The van der Waals surface area contributed by atoms with Gasteiger partial charge in [0.2, 0.25) is 5.95 Å². The van der Waals surface area contributed by atoms with Gasteiger partial charge in [0.1, 0.15) is 0 Å². The van der Waals surface area contributed by atoms with Gasteiger partial charge in [0.15, 0.2) is 11.2 Å². The monoisotopic (exact) mass is 476 g/mol. The average Bonchev–Trinajstić information content (AvgIpc) is 3.37. The summed E-state index contributed by atoms with van der Waals surface area (Å²) in [6.07, 6.45) is 3.99. The third-order valence-corrected chi connectivity index (χ3v) is 6.78. The number of piperidine rings is 1. The Balaban J connectivity index is 1.72. The SMILES string of the molecule is CC(C)=CCn1c(N2CCCC(N)C2)nc2c1c(=O)n(Cc1nn(C)c3ccccc13)c(=O)n2C. The van der Waals surface area contributed by atoms with Gasteiger partial charge in [0, 0.05) is 45.2 Å². The largest absolute Gasteiger partial charge is 0.341 e. The van der Waals surface area contributed by atoms with Crippen molar-refractivity contribution in [2.75, 3.05) is 18.0 Å². The Kier molecular flexibility index (Phi) is 5.84. The van der Waals surface area contributed by atoms with E-state index in [1.165, 1.54) is 9.13 Å². The van der Waals surface area contributed by atoms with Crippen LogP contribution in [0.1, 0.15) is 32.4 Å². The Labute approximate surface area is 202 Å². The summed E-state index contributed by atoms with van der Waals surface area (Å²) < 4.78 is 6.43. The van der Waals surface area contributed by atoms with E-state index in [-0.39, 0.29) is 18.1 Å². The smallest absolute Gasteiger partial charge is 0.332 e. The number of imidazole rings is 1. The molecule has 1 atom stereocenters. The van der Waals surface area contributed by atoms with E-state index in [1.54, 1.807) is 11.7 Å². The van der Waals surface area contributed by atoms with Gasteiger partial charge in [0.25, 0.3) is 5.56 Å². The summed E-state index contributed by atoms with van der Waals surface area (Å²) in [5.41, 5.74) is 9.05. The van der Waals surface area contributed by atoms with E-state index in [0.29, 0.717) is 35.9 Å². The van der Waals surface area contributed by atoms with Crippen LogP contribution in [-0.4, -0.2) is 47.6 Å². The van der Waals surface area contributed by atoms with E-state index >= 15 is 0 Å². The van der Waals surface area contributed by atoms with Gasteiger partial charge in [-0.3, -0.25) is 18.6 Å². The van der Waals surface area contributed by atoms with Crippen molar-refractivity contribution in [3.05, 3.63) is 62.4 Å². The maximum atomic E-state index is 13.9. The fourth-order valence-corrected chi connectivity index (χ4v) is 4.93. The highest BCUT2D eigenvalue weighted by atomic mass is 16.2. The van der Waals surface area contributed by atoms with Crippen LogP contribution in [0.5, 0.6) is 0 Å². The third-order valence-electron chi connectivity index (χ3n) is 6.78. The van der Waals surface area contributed by atoms with E-state index in [9.17, 15) is 9.59 Å². The molecule has 2 N–H and O–H groups in total. The Morgan fingerprint density at radius 2 is 1.94 bits per heavy atom. The molecule has 5 rings (SSSR count). The molecule has 1 saturated heterocycles. The molecule has 0 spiro atoms. The van der Waals surface area contributed by atoms with Gasteiger partial charge < -0.3 is 15.2 Å². The molecule has 1 fully saturated rings. The van der Waals surface area contributed by atoms with Crippen molar-refractivity contribution in [3.8, 4) is 0 Å². The average molecular weight is 477 g/mol. The summed E-state index contributed by atoms with van der Waals surface area (Å²) in [5, 5.41) is 5.52. The number of anilines is 1. The number of fused-ring (bicyclic) bond motifs is 2. The fourth-order valence-electron chi connectivity index (χ4n) is 4.93. The maximum absolute atomic E-state index is 13.9. The minimum Gasteiger partial charge on any atom is -0.341 e. The minimum absolute atomic E-state index is 0.0541. The summed E-state index contributed by atoms with van der Waals surface area (Å²) in [7, 11) is 3.53. The highest BCUT2D eigenvalue weighted by Gasteiger charge is 2.26. The van der Waals surface area contributed by atoms with Crippen molar-refractivity contribution < 1.29 is 0 Å². The molecule has 10 heteroatoms. The Morgan fingerprint density at radius 1 is 1.17 bits per heavy atom. The van der Waals surface area contributed by atoms with Crippen molar-refractivity contribution in [2.24, 2.45) is 19.8 Å².